The van der Waals surface area contributed by atoms with Crippen LogP contribution in [0, 0.1) is 3.57 Å². The van der Waals surface area contributed by atoms with Gasteiger partial charge in [-0.2, -0.15) is 0 Å². The second-order valence-electron chi connectivity index (χ2n) is 5.52. The van der Waals surface area contributed by atoms with Gasteiger partial charge in [0.05, 0.1) is 15.6 Å². The van der Waals surface area contributed by atoms with Gasteiger partial charge < -0.3 is 10.7 Å². The van der Waals surface area contributed by atoms with Crippen LogP contribution in [0.2, 0.25) is 10.0 Å². The maximum absolute atomic E-state index is 6.41. The summed E-state index contributed by atoms with van der Waals surface area (Å²) in [7, 11) is 0. The average molecular weight is 459 g/mol. The minimum absolute atomic E-state index is 0.572. The highest BCUT2D eigenvalue weighted by atomic mass is 127. The number of benzene rings is 2. The molecule has 0 aliphatic heterocycles. The Kier molecular flexibility index (Phi) is 5.52. The summed E-state index contributed by atoms with van der Waals surface area (Å²) in [6.07, 6.45) is 3.04. The van der Waals surface area contributed by atoms with Crippen molar-refractivity contribution in [3.63, 3.8) is 0 Å². The first-order valence-electron chi connectivity index (χ1n) is 7.56. The van der Waals surface area contributed by atoms with Crippen molar-refractivity contribution in [2.75, 3.05) is 6.54 Å². The van der Waals surface area contributed by atoms with Gasteiger partial charge in [0, 0.05) is 14.7 Å². The first kappa shape index (κ1) is 17.1. The van der Waals surface area contributed by atoms with E-state index in [2.05, 4.69) is 57.9 Å². The lowest BCUT2D eigenvalue weighted by Gasteiger charge is -2.06. The lowest BCUT2D eigenvalue weighted by molar-refractivity contribution is 0.748. The topological polar surface area (TPSA) is 41.8 Å². The molecule has 5 heteroatoms. The van der Waals surface area contributed by atoms with E-state index in [-0.39, 0.29) is 0 Å². The van der Waals surface area contributed by atoms with Crippen molar-refractivity contribution in [1.82, 2.24) is 4.98 Å². The third-order valence-electron chi connectivity index (χ3n) is 3.97. The first-order chi connectivity index (χ1) is 11.1. The fourth-order valence-electron chi connectivity index (χ4n) is 2.86. The molecule has 0 unspecified atom stereocenters. The maximum Gasteiger partial charge on any atom is 0.0833 e. The highest BCUT2D eigenvalue weighted by Crippen LogP contribution is 2.38. The van der Waals surface area contributed by atoms with Gasteiger partial charge in [0.1, 0.15) is 0 Å². The molecule has 23 heavy (non-hydrogen) atoms. The molecule has 3 aromatic rings. The number of halogens is 3. The van der Waals surface area contributed by atoms with Crippen LogP contribution in [0.5, 0.6) is 0 Å². The number of hydrogen-bond acceptors (Lipinski definition) is 1. The van der Waals surface area contributed by atoms with E-state index >= 15 is 0 Å². The van der Waals surface area contributed by atoms with Crippen LogP contribution < -0.4 is 5.73 Å². The number of aromatic amines is 1. The molecule has 1 heterocycles. The van der Waals surface area contributed by atoms with Crippen LogP contribution in [0.4, 0.5) is 0 Å². The summed E-state index contributed by atoms with van der Waals surface area (Å²) in [6, 6.07) is 12.4. The predicted octanol–water partition coefficient (Wildman–Crippen LogP) is 6.03. The molecular weight excluding hydrogens is 442 g/mol. The Labute approximate surface area is 159 Å². The zero-order valence-corrected chi connectivity index (χ0v) is 16.2. The fraction of sp³-hybridized carbons (Fsp3) is 0.222. The number of nitrogens with two attached hydrogens (primary N) is 1. The highest BCUT2D eigenvalue weighted by molar-refractivity contribution is 14.1. The summed E-state index contributed by atoms with van der Waals surface area (Å²) in [4.78, 5) is 3.49. The van der Waals surface area contributed by atoms with Gasteiger partial charge in [-0.05, 0) is 77.7 Å². The Morgan fingerprint density at radius 2 is 1.91 bits per heavy atom. The van der Waals surface area contributed by atoms with Gasteiger partial charge in [0.2, 0.25) is 0 Å². The molecule has 120 valence electrons. The molecule has 3 N–H and O–H groups in total. The van der Waals surface area contributed by atoms with Gasteiger partial charge in [0.25, 0.3) is 0 Å². The van der Waals surface area contributed by atoms with Crippen LogP contribution in [-0.2, 0) is 6.42 Å². The fourth-order valence-corrected chi connectivity index (χ4v) is 3.77. The molecule has 0 radical (unpaired) electrons. The molecule has 0 amide bonds. The van der Waals surface area contributed by atoms with Crippen LogP contribution in [0.15, 0.2) is 36.4 Å². The Bertz CT molecular complexity index is 842. The number of fused-ring (bicyclic) bond motifs is 1. The molecule has 0 aliphatic carbocycles. The molecule has 3 rings (SSSR count). The summed E-state index contributed by atoms with van der Waals surface area (Å²) in [5, 5.41) is 2.30. The number of hydrogen-bond donors (Lipinski definition) is 2. The van der Waals surface area contributed by atoms with E-state index in [0.717, 1.165) is 35.9 Å². The van der Waals surface area contributed by atoms with Crippen molar-refractivity contribution < 1.29 is 0 Å². The van der Waals surface area contributed by atoms with E-state index in [1.807, 2.05) is 6.07 Å². The molecular formula is C18H17Cl2IN2. The molecule has 0 spiro atoms. The number of H-pyrrole nitrogens is 1. The quantitative estimate of drug-likeness (QED) is 0.355. The van der Waals surface area contributed by atoms with E-state index < -0.39 is 0 Å². The molecule has 0 atom stereocenters. The SMILES string of the molecule is NCCCCc1c(-c2cccc(I)c2)[nH]c2c(Cl)c(Cl)ccc12. The lowest BCUT2D eigenvalue weighted by Crippen LogP contribution is -1.99. The number of unbranched alkanes of at least 4 members (excludes halogenated alkanes) is 1. The van der Waals surface area contributed by atoms with Crippen molar-refractivity contribution in [2.24, 2.45) is 5.73 Å². The van der Waals surface area contributed by atoms with Gasteiger partial charge in [-0.3, -0.25) is 0 Å². The normalized spacial score (nSPS) is 11.3. The van der Waals surface area contributed by atoms with Crippen molar-refractivity contribution in [3.05, 3.63) is 55.6 Å². The largest absolute Gasteiger partial charge is 0.353 e. The summed E-state index contributed by atoms with van der Waals surface area (Å²) in [5.74, 6) is 0. The van der Waals surface area contributed by atoms with Crippen LogP contribution in [0.25, 0.3) is 22.2 Å². The van der Waals surface area contributed by atoms with Gasteiger partial charge in [0.15, 0.2) is 0 Å². The molecule has 0 saturated heterocycles. The van der Waals surface area contributed by atoms with Crippen LogP contribution in [0.1, 0.15) is 18.4 Å². The summed E-state index contributed by atoms with van der Waals surface area (Å²) >= 11 is 14.9. The molecule has 0 aliphatic rings. The number of aryl methyl sites for hydroxylation is 1. The minimum Gasteiger partial charge on any atom is -0.353 e. The number of aromatic nitrogens is 1. The van der Waals surface area contributed by atoms with Crippen molar-refractivity contribution >= 4 is 56.7 Å². The third-order valence-corrected chi connectivity index (χ3v) is 5.44. The average Bonchev–Trinajstić information content (AvgIpc) is 2.91. The zero-order chi connectivity index (χ0) is 16.4. The standard InChI is InChI=1S/C18H17Cl2IN2/c19-15-8-7-14-13(6-1-2-9-22)17(23-18(14)16(15)20)11-4-3-5-12(21)10-11/h3-5,7-8,10,23H,1-2,6,9,22H2. The molecule has 0 fully saturated rings. The van der Waals surface area contributed by atoms with Crippen molar-refractivity contribution in [1.29, 1.82) is 0 Å². The molecule has 0 bridgehead atoms. The lowest BCUT2D eigenvalue weighted by atomic mass is 10.0. The van der Waals surface area contributed by atoms with Gasteiger partial charge in [-0.1, -0.05) is 41.4 Å². The van der Waals surface area contributed by atoms with Crippen molar-refractivity contribution in [2.45, 2.75) is 19.3 Å². The third kappa shape index (κ3) is 3.53. The second-order valence-corrected chi connectivity index (χ2v) is 7.55. The summed E-state index contributed by atoms with van der Waals surface area (Å²) in [6.45, 7) is 0.716. The Hall–Kier alpha value is -0.750. The van der Waals surface area contributed by atoms with Crippen molar-refractivity contribution in [3.8, 4) is 11.3 Å². The molecule has 2 nitrogen and oxygen atoms in total. The zero-order valence-electron chi connectivity index (χ0n) is 12.5. The Morgan fingerprint density at radius 1 is 1.09 bits per heavy atom. The summed E-state index contributed by atoms with van der Waals surface area (Å²) < 4.78 is 1.20. The highest BCUT2D eigenvalue weighted by Gasteiger charge is 2.16. The summed E-state index contributed by atoms with van der Waals surface area (Å²) in [5.41, 5.74) is 10.1. The van der Waals surface area contributed by atoms with Gasteiger partial charge in [-0.25, -0.2) is 0 Å². The number of rotatable bonds is 5. The minimum atomic E-state index is 0.572. The molecule has 2 aromatic carbocycles. The van der Waals surface area contributed by atoms with E-state index in [1.165, 1.54) is 14.7 Å². The second kappa shape index (κ2) is 7.43. The van der Waals surface area contributed by atoms with Crippen LogP contribution >= 0.6 is 45.8 Å². The van der Waals surface area contributed by atoms with Gasteiger partial charge >= 0.3 is 0 Å². The Morgan fingerprint density at radius 3 is 2.65 bits per heavy atom. The first-order valence-corrected chi connectivity index (χ1v) is 9.40. The molecule has 0 saturated carbocycles. The monoisotopic (exact) mass is 458 g/mol. The predicted molar refractivity (Wildman–Crippen MR) is 108 cm³/mol. The van der Waals surface area contributed by atoms with Crippen LogP contribution in [0.3, 0.4) is 0 Å². The van der Waals surface area contributed by atoms with Gasteiger partial charge in [-0.15, -0.1) is 0 Å². The smallest absolute Gasteiger partial charge is 0.0833 e. The van der Waals surface area contributed by atoms with E-state index in [0.29, 0.717) is 16.6 Å². The maximum atomic E-state index is 6.41. The van der Waals surface area contributed by atoms with E-state index in [4.69, 9.17) is 28.9 Å². The molecule has 1 aromatic heterocycles. The van der Waals surface area contributed by atoms with Crippen LogP contribution in [-0.4, -0.2) is 11.5 Å². The Balaban J connectivity index is 2.18. The van der Waals surface area contributed by atoms with E-state index in [9.17, 15) is 0 Å². The van der Waals surface area contributed by atoms with E-state index in [1.54, 1.807) is 0 Å². The number of nitrogens with one attached hydrogen (secondary N) is 1.